The van der Waals surface area contributed by atoms with E-state index in [2.05, 4.69) is 67.7 Å². The van der Waals surface area contributed by atoms with Crippen LogP contribution in [0.25, 0.3) is 0 Å². The van der Waals surface area contributed by atoms with Crippen LogP contribution in [0.3, 0.4) is 0 Å². The maximum Gasteiger partial charge on any atom is 0.334 e. The average Bonchev–Trinajstić information content (AvgIpc) is 2.72. The van der Waals surface area contributed by atoms with Gasteiger partial charge in [-0.3, -0.25) is 4.21 Å². The summed E-state index contributed by atoms with van der Waals surface area (Å²) in [6.45, 7) is 22.1. The number of ether oxygens (including phenoxy) is 1. The van der Waals surface area contributed by atoms with Gasteiger partial charge in [-0.15, -0.1) is 0 Å². The maximum atomic E-state index is 13.7. The third-order valence-corrected chi connectivity index (χ3v) is 18.3. The van der Waals surface area contributed by atoms with Crippen molar-refractivity contribution in [3.63, 3.8) is 0 Å². The summed E-state index contributed by atoms with van der Waals surface area (Å²) in [6, 6.07) is 9.31. The van der Waals surface area contributed by atoms with Crippen LogP contribution in [-0.4, -0.2) is 51.4 Å². The molecule has 34 heavy (non-hydrogen) atoms. The normalized spacial score (nSPS) is 23.3. The quantitative estimate of drug-likeness (QED) is 0.303. The minimum Gasteiger partial charge on any atom is -0.466 e. The molecule has 4 atom stereocenters. The number of esters is 1. The number of rotatable bonds is 7. The van der Waals surface area contributed by atoms with Crippen LogP contribution in [0.15, 0.2) is 46.9 Å². The van der Waals surface area contributed by atoms with Crippen LogP contribution in [0, 0.1) is 0 Å². The summed E-state index contributed by atoms with van der Waals surface area (Å²) < 4.78 is 32.5. The van der Waals surface area contributed by atoms with Crippen molar-refractivity contribution < 1.29 is 22.6 Å². The van der Waals surface area contributed by atoms with Gasteiger partial charge in [-0.25, -0.2) is 4.79 Å². The van der Waals surface area contributed by atoms with E-state index in [1.54, 1.807) is 0 Å². The SMILES string of the molecule is COC(=O)C1=C[C@@H](O[Si](C)(C)C(C)(C)C)[C@H](O[Si](C)(C)C(C)(C)C)C[C@H]1S(=O)c1ccccc1. The van der Waals surface area contributed by atoms with E-state index < -0.39 is 44.8 Å². The third kappa shape index (κ3) is 6.57. The fraction of sp³-hybridized carbons (Fsp3) is 0.654. The minimum atomic E-state index is -2.18. The van der Waals surface area contributed by atoms with E-state index in [0.29, 0.717) is 16.9 Å². The summed E-state index contributed by atoms with van der Waals surface area (Å²) in [5.41, 5.74) is 0.420. The van der Waals surface area contributed by atoms with Crippen molar-refractivity contribution in [2.45, 2.75) is 107 Å². The molecule has 192 valence electrons. The Kier molecular flexibility index (Phi) is 9.01. The molecule has 0 aliphatic heterocycles. The molecule has 0 saturated carbocycles. The highest BCUT2D eigenvalue weighted by molar-refractivity contribution is 7.86. The van der Waals surface area contributed by atoms with E-state index in [9.17, 15) is 9.00 Å². The molecule has 0 N–H and O–H groups in total. The van der Waals surface area contributed by atoms with Crippen molar-refractivity contribution in [3.05, 3.63) is 42.0 Å². The number of carbonyl (C=O) groups excluding carboxylic acids is 1. The zero-order valence-electron chi connectivity index (χ0n) is 22.9. The number of hydrogen-bond donors (Lipinski definition) is 0. The largest absolute Gasteiger partial charge is 0.466 e. The molecular weight excluding hydrogens is 481 g/mol. The van der Waals surface area contributed by atoms with Gasteiger partial charge in [-0.2, -0.15) is 0 Å². The second kappa shape index (κ2) is 10.5. The average molecular weight is 525 g/mol. The molecular formula is C26H44O5SSi2. The van der Waals surface area contributed by atoms with Gasteiger partial charge in [-0.1, -0.05) is 59.7 Å². The van der Waals surface area contributed by atoms with Gasteiger partial charge >= 0.3 is 5.97 Å². The van der Waals surface area contributed by atoms with Gasteiger partial charge in [0.1, 0.15) is 0 Å². The van der Waals surface area contributed by atoms with Crippen LogP contribution in [0.1, 0.15) is 48.0 Å². The molecule has 0 spiro atoms. The van der Waals surface area contributed by atoms with E-state index in [1.165, 1.54) is 7.11 Å². The number of carbonyl (C=O) groups is 1. The van der Waals surface area contributed by atoms with Crippen LogP contribution in [0.2, 0.25) is 36.3 Å². The smallest absolute Gasteiger partial charge is 0.334 e. The summed E-state index contributed by atoms with van der Waals surface area (Å²) in [4.78, 5) is 13.6. The lowest BCUT2D eigenvalue weighted by Crippen LogP contribution is -2.54. The highest BCUT2D eigenvalue weighted by atomic mass is 32.2. The molecule has 0 fully saturated rings. The molecule has 0 bridgehead atoms. The molecule has 0 radical (unpaired) electrons. The Morgan fingerprint density at radius 3 is 1.88 bits per heavy atom. The molecule has 1 aromatic carbocycles. The Hall–Kier alpha value is -1.07. The highest BCUT2D eigenvalue weighted by Crippen LogP contribution is 2.43. The van der Waals surface area contributed by atoms with E-state index in [-0.39, 0.29) is 16.2 Å². The van der Waals surface area contributed by atoms with Crippen LogP contribution >= 0.6 is 0 Å². The predicted molar refractivity (Wildman–Crippen MR) is 145 cm³/mol. The fourth-order valence-corrected chi connectivity index (χ4v) is 7.52. The first-order valence-corrected chi connectivity index (χ1v) is 19.1. The van der Waals surface area contributed by atoms with E-state index >= 15 is 0 Å². The van der Waals surface area contributed by atoms with Crippen molar-refractivity contribution in [2.24, 2.45) is 0 Å². The fourth-order valence-electron chi connectivity index (χ4n) is 3.40. The third-order valence-electron chi connectivity index (χ3n) is 7.65. The zero-order valence-corrected chi connectivity index (χ0v) is 25.7. The molecule has 8 heteroatoms. The van der Waals surface area contributed by atoms with Gasteiger partial charge in [0.15, 0.2) is 16.6 Å². The topological polar surface area (TPSA) is 61.8 Å². The molecule has 2 rings (SSSR count). The molecule has 0 aromatic heterocycles. The van der Waals surface area contributed by atoms with E-state index in [1.807, 2.05) is 36.4 Å². The summed E-state index contributed by atoms with van der Waals surface area (Å²) >= 11 is 0. The summed E-state index contributed by atoms with van der Waals surface area (Å²) in [6.07, 6.45) is 1.60. The van der Waals surface area contributed by atoms with Gasteiger partial charge in [0.2, 0.25) is 0 Å². The summed E-state index contributed by atoms with van der Waals surface area (Å²) in [7, 11) is -4.40. The van der Waals surface area contributed by atoms with Crippen LogP contribution in [-0.2, 0) is 29.2 Å². The molecule has 1 aromatic rings. The van der Waals surface area contributed by atoms with Crippen LogP contribution in [0.4, 0.5) is 0 Å². The zero-order chi connectivity index (χ0) is 26.1. The van der Waals surface area contributed by atoms with E-state index in [4.69, 9.17) is 13.6 Å². The van der Waals surface area contributed by atoms with Gasteiger partial charge in [0.05, 0.1) is 40.9 Å². The maximum absolute atomic E-state index is 13.7. The lowest BCUT2D eigenvalue weighted by molar-refractivity contribution is -0.136. The van der Waals surface area contributed by atoms with Crippen molar-refractivity contribution in [1.29, 1.82) is 0 Å². The first kappa shape index (κ1) is 29.2. The van der Waals surface area contributed by atoms with Gasteiger partial charge in [-0.05, 0) is 60.9 Å². The van der Waals surface area contributed by atoms with Gasteiger partial charge in [0, 0.05) is 4.90 Å². The molecule has 1 unspecified atom stereocenters. The lowest BCUT2D eigenvalue weighted by Gasteiger charge is -2.46. The number of benzene rings is 1. The molecule has 1 aliphatic carbocycles. The van der Waals surface area contributed by atoms with Crippen molar-refractivity contribution >= 4 is 33.4 Å². The number of hydrogen-bond acceptors (Lipinski definition) is 5. The van der Waals surface area contributed by atoms with Crippen LogP contribution in [0.5, 0.6) is 0 Å². The lowest BCUT2D eigenvalue weighted by atomic mass is 9.94. The Morgan fingerprint density at radius 2 is 1.41 bits per heavy atom. The van der Waals surface area contributed by atoms with E-state index in [0.717, 1.165) is 0 Å². The molecule has 0 saturated heterocycles. The van der Waals surface area contributed by atoms with Crippen molar-refractivity contribution in [1.82, 2.24) is 0 Å². The summed E-state index contributed by atoms with van der Waals surface area (Å²) in [5.74, 6) is -0.455. The second-order valence-corrected chi connectivity index (χ2v) is 23.4. The summed E-state index contributed by atoms with van der Waals surface area (Å²) in [5, 5.41) is -0.518. The Bertz CT molecular complexity index is 913. The standard InChI is InChI=1S/C26H44O5SSi2/c1-25(2,3)33(8,9)30-21-17-20(24(27)29-7)23(32(28)19-15-13-12-14-16-19)18-22(21)31-34(10,11)26(4,5)6/h12-17,21-23H,18H2,1-11H3/t21-,22-,23-,32?/m1/s1. The molecule has 5 nitrogen and oxygen atoms in total. The second-order valence-electron chi connectivity index (χ2n) is 12.2. The number of methoxy groups -OCH3 is 1. The van der Waals surface area contributed by atoms with Crippen molar-refractivity contribution in [3.8, 4) is 0 Å². The molecule has 0 heterocycles. The molecule has 0 amide bonds. The van der Waals surface area contributed by atoms with Crippen LogP contribution < -0.4 is 0 Å². The Labute approximate surface area is 211 Å². The molecule has 1 aliphatic rings. The Morgan fingerprint density at radius 1 is 0.912 bits per heavy atom. The minimum absolute atomic E-state index is 0.00248. The van der Waals surface area contributed by atoms with Gasteiger partial charge in [0.25, 0.3) is 0 Å². The van der Waals surface area contributed by atoms with Crippen molar-refractivity contribution in [2.75, 3.05) is 7.11 Å². The Balaban J connectivity index is 2.58. The highest BCUT2D eigenvalue weighted by Gasteiger charge is 2.48. The van der Waals surface area contributed by atoms with Gasteiger partial charge < -0.3 is 13.6 Å². The monoisotopic (exact) mass is 524 g/mol. The first-order chi connectivity index (χ1) is 15.4. The predicted octanol–water partition coefficient (Wildman–Crippen LogP) is 6.45. The first-order valence-electron chi connectivity index (χ1n) is 12.0.